The van der Waals surface area contributed by atoms with Crippen molar-refractivity contribution in [3.63, 3.8) is 0 Å². The van der Waals surface area contributed by atoms with Crippen molar-refractivity contribution in [1.29, 1.82) is 0 Å². The third kappa shape index (κ3) is 3.08. The van der Waals surface area contributed by atoms with Gasteiger partial charge in [0, 0.05) is 24.6 Å². The van der Waals surface area contributed by atoms with Gasteiger partial charge in [0.25, 0.3) is 0 Å². The second-order valence-corrected chi connectivity index (χ2v) is 5.68. The highest BCUT2D eigenvalue weighted by Crippen LogP contribution is 2.29. The number of halogens is 1. The van der Waals surface area contributed by atoms with Crippen molar-refractivity contribution in [2.24, 2.45) is 0 Å². The van der Waals surface area contributed by atoms with E-state index in [2.05, 4.69) is 43.4 Å². The molecule has 1 heterocycles. The lowest BCUT2D eigenvalue weighted by molar-refractivity contribution is 0.222. The van der Waals surface area contributed by atoms with Crippen LogP contribution in [0.15, 0.2) is 42.5 Å². The topological polar surface area (TPSA) is 21.3 Å². The Kier molecular flexibility index (Phi) is 3.93. The summed E-state index contributed by atoms with van der Waals surface area (Å²) in [5.41, 5.74) is 3.56. The molecule has 2 aromatic carbocycles. The van der Waals surface area contributed by atoms with Gasteiger partial charge in [0.05, 0.1) is 0 Å². The Balaban J connectivity index is 1.59. The Morgan fingerprint density at radius 1 is 1.29 bits per heavy atom. The zero-order valence-electron chi connectivity index (χ0n) is 12.4. The van der Waals surface area contributed by atoms with Gasteiger partial charge in [-0.15, -0.1) is 0 Å². The van der Waals surface area contributed by atoms with Gasteiger partial charge >= 0.3 is 0 Å². The van der Waals surface area contributed by atoms with Crippen molar-refractivity contribution in [1.82, 2.24) is 5.32 Å². The van der Waals surface area contributed by atoms with E-state index in [4.69, 9.17) is 4.74 Å². The first-order valence-corrected chi connectivity index (χ1v) is 7.37. The highest BCUT2D eigenvalue weighted by molar-refractivity contribution is 5.38. The molecule has 0 spiro atoms. The molecule has 0 saturated carbocycles. The second-order valence-electron chi connectivity index (χ2n) is 5.68. The fourth-order valence-electron chi connectivity index (χ4n) is 2.89. The maximum Gasteiger partial charge on any atom is 0.123 e. The summed E-state index contributed by atoms with van der Waals surface area (Å²) in [7, 11) is 0. The lowest BCUT2D eigenvalue weighted by Gasteiger charge is -2.19. The van der Waals surface area contributed by atoms with E-state index in [0.717, 1.165) is 24.3 Å². The molecule has 0 saturated heterocycles. The van der Waals surface area contributed by atoms with Crippen LogP contribution in [-0.2, 0) is 6.42 Å². The molecule has 1 aliphatic rings. The highest BCUT2D eigenvalue weighted by atomic mass is 19.1. The molecule has 0 radical (unpaired) electrons. The molecule has 2 unspecified atom stereocenters. The minimum atomic E-state index is -0.195. The summed E-state index contributed by atoms with van der Waals surface area (Å²) in [6.45, 7) is 5.04. The first kappa shape index (κ1) is 14.1. The molecule has 21 heavy (non-hydrogen) atoms. The molecule has 2 atom stereocenters. The SMILES string of the molecule is Cc1ccccc1C(C)NCC1Cc2cc(F)ccc2O1. The summed E-state index contributed by atoms with van der Waals surface area (Å²) in [5.74, 6) is 0.617. The summed E-state index contributed by atoms with van der Waals surface area (Å²) in [5, 5.41) is 3.51. The van der Waals surface area contributed by atoms with Crippen LogP contribution in [0.5, 0.6) is 5.75 Å². The van der Waals surface area contributed by atoms with Gasteiger partial charge in [0.2, 0.25) is 0 Å². The molecule has 0 aromatic heterocycles. The van der Waals surface area contributed by atoms with Gasteiger partial charge in [-0.2, -0.15) is 0 Å². The third-order valence-corrected chi connectivity index (χ3v) is 4.07. The van der Waals surface area contributed by atoms with Gasteiger partial charge < -0.3 is 10.1 Å². The number of aryl methyl sites for hydroxylation is 1. The van der Waals surface area contributed by atoms with Crippen LogP contribution in [0.2, 0.25) is 0 Å². The second kappa shape index (κ2) is 5.86. The largest absolute Gasteiger partial charge is 0.488 e. The molecule has 3 heteroatoms. The lowest BCUT2D eigenvalue weighted by Crippen LogP contribution is -2.32. The Bertz CT molecular complexity index is 641. The van der Waals surface area contributed by atoms with E-state index in [0.29, 0.717) is 0 Å². The molecular weight excluding hydrogens is 265 g/mol. The Labute approximate surface area is 125 Å². The van der Waals surface area contributed by atoms with Crippen LogP contribution in [0.25, 0.3) is 0 Å². The zero-order chi connectivity index (χ0) is 14.8. The maximum absolute atomic E-state index is 13.2. The standard InChI is InChI=1S/C18H20FNO/c1-12-5-3-4-6-17(12)13(2)20-11-16-10-14-9-15(19)7-8-18(14)21-16/h3-9,13,16,20H,10-11H2,1-2H3. The molecule has 110 valence electrons. The van der Waals surface area contributed by atoms with Gasteiger partial charge in [-0.05, 0) is 43.2 Å². The van der Waals surface area contributed by atoms with Crippen LogP contribution in [0, 0.1) is 12.7 Å². The van der Waals surface area contributed by atoms with Crippen LogP contribution < -0.4 is 10.1 Å². The first-order chi connectivity index (χ1) is 10.1. The molecule has 2 nitrogen and oxygen atoms in total. The van der Waals surface area contributed by atoms with Crippen LogP contribution in [0.4, 0.5) is 4.39 Å². The molecule has 1 aliphatic heterocycles. The predicted octanol–water partition coefficient (Wildman–Crippen LogP) is 3.79. The van der Waals surface area contributed by atoms with E-state index in [1.807, 2.05) is 0 Å². The fourth-order valence-corrected chi connectivity index (χ4v) is 2.89. The zero-order valence-corrected chi connectivity index (χ0v) is 12.4. The lowest BCUT2D eigenvalue weighted by atomic mass is 10.0. The predicted molar refractivity (Wildman–Crippen MR) is 82.1 cm³/mol. The molecule has 0 aliphatic carbocycles. The molecule has 3 rings (SSSR count). The van der Waals surface area contributed by atoms with Crippen molar-refractivity contribution >= 4 is 0 Å². The number of hydrogen-bond acceptors (Lipinski definition) is 2. The van der Waals surface area contributed by atoms with Crippen LogP contribution in [-0.4, -0.2) is 12.6 Å². The minimum absolute atomic E-state index is 0.0771. The van der Waals surface area contributed by atoms with Gasteiger partial charge in [-0.25, -0.2) is 4.39 Å². The average Bonchev–Trinajstić information content (AvgIpc) is 2.87. The minimum Gasteiger partial charge on any atom is -0.488 e. The summed E-state index contributed by atoms with van der Waals surface area (Å²) in [6, 6.07) is 13.4. The molecule has 0 bridgehead atoms. The quantitative estimate of drug-likeness (QED) is 0.923. The van der Waals surface area contributed by atoms with Crippen molar-refractivity contribution < 1.29 is 9.13 Å². The Morgan fingerprint density at radius 3 is 2.90 bits per heavy atom. The summed E-state index contributed by atoms with van der Waals surface area (Å²) < 4.78 is 19.0. The average molecular weight is 285 g/mol. The van der Waals surface area contributed by atoms with Gasteiger partial charge in [-0.3, -0.25) is 0 Å². The molecular formula is C18H20FNO. The number of benzene rings is 2. The van der Waals surface area contributed by atoms with Crippen molar-refractivity contribution in [3.8, 4) is 5.75 Å². The van der Waals surface area contributed by atoms with Crippen molar-refractivity contribution in [2.45, 2.75) is 32.4 Å². The third-order valence-electron chi connectivity index (χ3n) is 4.07. The summed E-state index contributed by atoms with van der Waals surface area (Å²) in [4.78, 5) is 0. The maximum atomic E-state index is 13.2. The van der Waals surface area contributed by atoms with E-state index in [1.165, 1.54) is 17.2 Å². The molecule has 2 aromatic rings. The van der Waals surface area contributed by atoms with Gasteiger partial charge in [0.1, 0.15) is 17.7 Å². The number of rotatable bonds is 4. The number of ether oxygens (including phenoxy) is 1. The van der Waals surface area contributed by atoms with E-state index in [-0.39, 0.29) is 18.0 Å². The first-order valence-electron chi connectivity index (χ1n) is 7.37. The fraction of sp³-hybridized carbons (Fsp3) is 0.333. The van der Waals surface area contributed by atoms with Gasteiger partial charge in [0.15, 0.2) is 0 Å². The summed E-state index contributed by atoms with van der Waals surface area (Å²) >= 11 is 0. The number of fused-ring (bicyclic) bond motifs is 1. The Morgan fingerprint density at radius 2 is 2.10 bits per heavy atom. The monoisotopic (exact) mass is 285 g/mol. The molecule has 1 N–H and O–H groups in total. The van der Waals surface area contributed by atoms with Gasteiger partial charge in [-0.1, -0.05) is 24.3 Å². The van der Waals surface area contributed by atoms with Crippen LogP contribution >= 0.6 is 0 Å². The van der Waals surface area contributed by atoms with Crippen molar-refractivity contribution in [3.05, 3.63) is 65.0 Å². The van der Waals surface area contributed by atoms with E-state index < -0.39 is 0 Å². The smallest absolute Gasteiger partial charge is 0.123 e. The highest BCUT2D eigenvalue weighted by Gasteiger charge is 2.23. The summed E-state index contributed by atoms with van der Waals surface area (Å²) in [6.07, 6.45) is 0.842. The van der Waals surface area contributed by atoms with Crippen LogP contribution in [0.3, 0.4) is 0 Å². The molecule has 0 fully saturated rings. The van der Waals surface area contributed by atoms with Crippen molar-refractivity contribution in [2.75, 3.05) is 6.54 Å². The Hall–Kier alpha value is -1.87. The van der Waals surface area contributed by atoms with E-state index in [1.54, 1.807) is 12.1 Å². The number of nitrogens with one attached hydrogen (secondary N) is 1. The van der Waals surface area contributed by atoms with Crippen LogP contribution in [0.1, 0.15) is 29.7 Å². The number of hydrogen-bond donors (Lipinski definition) is 1. The van der Waals surface area contributed by atoms with E-state index in [9.17, 15) is 4.39 Å². The normalized spacial score (nSPS) is 18.1. The molecule has 0 amide bonds. The van der Waals surface area contributed by atoms with E-state index >= 15 is 0 Å².